The summed E-state index contributed by atoms with van der Waals surface area (Å²) < 4.78 is 46.1. The van der Waals surface area contributed by atoms with Crippen LogP contribution in [0.5, 0.6) is 5.75 Å². The van der Waals surface area contributed by atoms with Crippen molar-refractivity contribution >= 4 is 22.9 Å². The van der Waals surface area contributed by atoms with E-state index in [1.54, 1.807) is 37.3 Å². The Labute approximate surface area is 129 Å². The molecule has 0 amide bonds. The van der Waals surface area contributed by atoms with Crippen molar-refractivity contribution in [1.82, 2.24) is 0 Å². The lowest BCUT2D eigenvalue weighted by molar-refractivity contribution is 0.289. The average Bonchev–Trinajstić information content (AvgIpc) is 2.48. The number of sulfonamides is 1. The molecule has 0 aliphatic rings. The van der Waals surface area contributed by atoms with Crippen LogP contribution in [0.3, 0.4) is 0 Å². The zero-order valence-electron chi connectivity index (χ0n) is 11.9. The van der Waals surface area contributed by atoms with Gasteiger partial charge in [-0.05, 0) is 43.3 Å². The predicted molar refractivity (Wildman–Crippen MR) is 83.8 cm³/mol. The maximum Gasteiger partial charge on any atom is 0.410 e. The molecule has 0 spiro atoms. The van der Waals surface area contributed by atoms with E-state index in [9.17, 15) is 13.0 Å². The lowest BCUT2D eigenvalue weighted by atomic mass is 10.3. The maximum absolute atomic E-state index is 12.9. The van der Waals surface area contributed by atoms with Crippen molar-refractivity contribution in [3.8, 4) is 5.75 Å². The minimum absolute atomic E-state index is 0.0502. The van der Waals surface area contributed by atoms with Crippen molar-refractivity contribution in [2.45, 2.75) is 11.8 Å². The summed E-state index contributed by atoms with van der Waals surface area (Å²) >= 11 is 0. The molecule has 2 N–H and O–H groups in total. The van der Waals surface area contributed by atoms with Gasteiger partial charge in [0.05, 0.1) is 16.8 Å². The Morgan fingerprint density at radius 3 is 2.14 bits per heavy atom. The van der Waals surface area contributed by atoms with Crippen molar-refractivity contribution in [1.29, 1.82) is 0 Å². The SMILES string of the molecule is CCOP(=O)(Oc1ccc(S(N)(=O)=O)cc1)c1ccccc1. The number of nitrogens with two attached hydrogens (primary N) is 1. The van der Waals surface area contributed by atoms with Gasteiger partial charge in [0, 0.05) is 0 Å². The van der Waals surface area contributed by atoms with Gasteiger partial charge in [0.1, 0.15) is 5.75 Å². The van der Waals surface area contributed by atoms with Crippen LogP contribution >= 0.6 is 7.60 Å². The van der Waals surface area contributed by atoms with Crippen LogP contribution in [0.2, 0.25) is 0 Å². The summed E-state index contributed by atoms with van der Waals surface area (Å²) in [6, 6.07) is 13.9. The van der Waals surface area contributed by atoms with E-state index in [1.165, 1.54) is 24.3 Å². The molecule has 2 aromatic carbocycles. The second kappa shape index (κ2) is 6.62. The van der Waals surface area contributed by atoms with Crippen molar-refractivity contribution in [2.75, 3.05) is 6.61 Å². The van der Waals surface area contributed by atoms with Crippen LogP contribution in [-0.2, 0) is 19.1 Å². The first-order valence-electron chi connectivity index (χ1n) is 6.48. The largest absolute Gasteiger partial charge is 0.421 e. The van der Waals surface area contributed by atoms with Gasteiger partial charge in [0.2, 0.25) is 10.0 Å². The van der Waals surface area contributed by atoms with Crippen molar-refractivity contribution < 1.29 is 22.0 Å². The van der Waals surface area contributed by atoms with Crippen LogP contribution in [0.4, 0.5) is 0 Å². The molecule has 2 rings (SSSR count). The Bertz CT molecular complexity index is 775. The molecule has 0 fully saturated rings. The number of benzene rings is 2. The highest BCUT2D eigenvalue weighted by Gasteiger charge is 2.28. The molecule has 0 aliphatic carbocycles. The molecular formula is C14H16NO5PS. The van der Waals surface area contributed by atoms with Crippen LogP contribution in [0, 0.1) is 0 Å². The molecule has 0 aliphatic heterocycles. The second-order valence-electron chi connectivity index (χ2n) is 4.36. The van der Waals surface area contributed by atoms with E-state index < -0.39 is 17.6 Å². The van der Waals surface area contributed by atoms with E-state index in [2.05, 4.69) is 0 Å². The standard InChI is InChI=1S/C14H16NO5PS/c1-2-19-21(16,13-6-4-3-5-7-13)20-12-8-10-14(11-9-12)22(15,17)18/h3-11H,2H2,1H3,(H2,15,17,18). The molecule has 0 aromatic heterocycles. The molecule has 8 heteroatoms. The molecule has 0 bridgehead atoms. The summed E-state index contributed by atoms with van der Waals surface area (Å²) in [7, 11) is -7.31. The van der Waals surface area contributed by atoms with Gasteiger partial charge in [0.15, 0.2) is 0 Å². The molecule has 0 heterocycles. The Kier molecular flexibility index (Phi) is 5.03. The quantitative estimate of drug-likeness (QED) is 0.813. The first-order valence-corrected chi connectivity index (χ1v) is 9.57. The Morgan fingerprint density at radius 1 is 1.05 bits per heavy atom. The van der Waals surface area contributed by atoms with Gasteiger partial charge in [-0.2, -0.15) is 0 Å². The van der Waals surface area contributed by atoms with Gasteiger partial charge in [-0.15, -0.1) is 0 Å². The summed E-state index contributed by atoms with van der Waals surface area (Å²) in [4.78, 5) is -0.0502. The Morgan fingerprint density at radius 2 is 1.64 bits per heavy atom. The highest BCUT2D eigenvalue weighted by Crippen LogP contribution is 2.47. The van der Waals surface area contributed by atoms with Crippen LogP contribution < -0.4 is 15.0 Å². The van der Waals surface area contributed by atoms with E-state index in [4.69, 9.17) is 14.2 Å². The smallest absolute Gasteiger partial charge is 0.410 e. The van der Waals surface area contributed by atoms with Crippen molar-refractivity contribution in [2.24, 2.45) is 5.14 Å². The average molecular weight is 341 g/mol. The van der Waals surface area contributed by atoms with E-state index >= 15 is 0 Å². The van der Waals surface area contributed by atoms with E-state index in [0.717, 1.165) is 0 Å². The highest BCUT2D eigenvalue weighted by molar-refractivity contribution is 7.89. The maximum atomic E-state index is 12.9. The van der Waals surface area contributed by atoms with Gasteiger partial charge < -0.3 is 4.52 Å². The number of primary sulfonamides is 1. The normalized spacial score (nSPS) is 14.3. The fourth-order valence-electron chi connectivity index (χ4n) is 1.76. The van der Waals surface area contributed by atoms with Gasteiger partial charge in [-0.1, -0.05) is 18.2 Å². The van der Waals surface area contributed by atoms with Gasteiger partial charge in [0.25, 0.3) is 0 Å². The summed E-state index contributed by atoms with van der Waals surface area (Å²) in [6.07, 6.45) is 0. The Hall–Kier alpha value is -1.66. The third-order valence-corrected chi connectivity index (χ3v) is 5.66. The second-order valence-corrected chi connectivity index (χ2v) is 7.87. The minimum atomic E-state index is -3.78. The Balaban J connectivity index is 2.31. The van der Waals surface area contributed by atoms with E-state index in [0.29, 0.717) is 5.30 Å². The van der Waals surface area contributed by atoms with Gasteiger partial charge in [-0.25, -0.2) is 18.1 Å². The first kappa shape index (κ1) is 16.7. The molecule has 1 unspecified atom stereocenters. The molecule has 0 radical (unpaired) electrons. The zero-order chi connectivity index (χ0) is 16.2. The fraction of sp³-hybridized carbons (Fsp3) is 0.143. The fourth-order valence-corrected chi connectivity index (χ4v) is 3.86. The molecule has 1 atom stereocenters. The number of hydrogen-bond acceptors (Lipinski definition) is 5. The molecular weight excluding hydrogens is 325 g/mol. The van der Waals surface area contributed by atoms with Gasteiger partial charge >= 0.3 is 7.60 Å². The lowest BCUT2D eigenvalue weighted by Crippen LogP contribution is -2.13. The predicted octanol–water partition coefficient (Wildman–Crippen LogP) is 2.27. The van der Waals surface area contributed by atoms with E-state index in [-0.39, 0.29) is 17.3 Å². The highest BCUT2D eigenvalue weighted by atomic mass is 32.2. The molecule has 22 heavy (non-hydrogen) atoms. The van der Waals surface area contributed by atoms with Crippen LogP contribution in [0.1, 0.15) is 6.92 Å². The topological polar surface area (TPSA) is 95.7 Å². The first-order chi connectivity index (χ1) is 10.3. The number of hydrogen-bond donors (Lipinski definition) is 1. The number of rotatable bonds is 6. The minimum Gasteiger partial charge on any atom is -0.421 e. The lowest BCUT2D eigenvalue weighted by Gasteiger charge is -2.18. The molecule has 6 nitrogen and oxygen atoms in total. The van der Waals surface area contributed by atoms with Crippen molar-refractivity contribution in [3.05, 3.63) is 54.6 Å². The van der Waals surface area contributed by atoms with Crippen LogP contribution in [-0.4, -0.2) is 15.0 Å². The molecule has 0 saturated carbocycles. The molecule has 0 saturated heterocycles. The summed E-state index contributed by atoms with van der Waals surface area (Å²) in [5.74, 6) is 0.230. The molecule has 118 valence electrons. The third kappa shape index (κ3) is 3.96. The van der Waals surface area contributed by atoms with Crippen LogP contribution in [0.25, 0.3) is 0 Å². The van der Waals surface area contributed by atoms with Gasteiger partial charge in [-0.3, -0.25) is 4.52 Å². The summed E-state index contributed by atoms with van der Waals surface area (Å²) in [5, 5.41) is 5.45. The monoisotopic (exact) mass is 341 g/mol. The molecule has 2 aromatic rings. The van der Waals surface area contributed by atoms with E-state index in [1.807, 2.05) is 0 Å². The summed E-state index contributed by atoms with van der Waals surface area (Å²) in [5.41, 5.74) is 0. The van der Waals surface area contributed by atoms with Crippen molar-refractivity contribution in [3.63, 3.8) is 0 Å². The third-order valence-electron chi connectivity index (χ3n) is 2.75. The zero-order valence-corrected chi connectivity index (χ0v) is 13.6. The van der Waals surface area contributed by atoms with Crippen LogP contribution in [0.15, 0.2) is 59.5 Å². The summed E-state index contributed by atoms with van der Waals surface area (Å²) in [6.45, 7) is 1.92.